The Balaban J connectivity index is 1.89. The van der Waals surface area contributed by atoms with Gasteiger partial charge in [-0.2, -0.15) is 0 Å². The van der Waals surface area contributed by atoms with Gasteiger partial charge in [0.2, 0.25) is 11.8 Å². The summed E-state index contributed by atoms with van der Waals surface area (Å²) in [6.45, 7) is 10.4. The average molecular weight is 463 g/mol. The summed E-state index contributed by atoms with van der Waals surface area (Å²) in [4.78, 5) is 44.6. The van der Waals surface area contributed by atoms with Gasteiger partial charge in [0.05, 0.1) is 29.2 Å². The van der Waals surface area contributed by atoms with Crippen LogP contribution in [0.5, 0.6) is 0 Å². The van der Waals surface area contributed by atoms with Crippen LogP contribution in [0.1, 0.15) is 41.0 Å². The van der Waals surface area contributed by atoms with Crippen molar-refractivity contribution in [3.63, 3.8) is 0 Å². The number of likely N-dealkylation sites (tertiary alicyclic amines) is 1. The van der Waals surface area contributed by atoms with E-state index in [-0.39, 0.29) is 42.2 Å². The highest BCUT2D eigenvalue weighted by Gasteiger charge is 2.72. The normalized spacial score (nSPS) is 36.2. The van der Waals surface area contributed by atoms with Crippen LogP contribution >= 0.6 is 11.8 Å². The number of nitrogens with zero attached hydrogens (tertiary/aromatic N) is 2. The van der Waals surface area contributed by atoms with Crippen LogP contribution in [0.15, 0.2) is 24.3 Å². The van der Waals surface area contributed by atoms with Crippen LogP contribution in [0.25, 0.3) is 0 Å². The molecule has 0 bridgehead atoms. The molecule has 1 N–H and O–H groups in total. The SMILES string of the molecule is CC[C@H](C)[C@H](CO)N1C(=O)[C@@H]2[C@H]3C(=O)OCC=C[C@H]3S[C@@]23C=CCN(C(C)(C)C)C(=O)C13. The molecule has 0 aromatic rings. The molecule has 1 spiro atoms. The van der Waals surface area contributed by atoms with Crippen molar-refractivity contribution in [2.45, 2.75) is 68.7 Å². The monoisotopic (exact) mass is 462 g/mol. The van der Waals surface area contributed by atoms with Crippen molar-refractivity contribution in [3.05, 3.63) is 24.3 Å². The molecule has 2 saturated heterocycles. The lowest BCUT2D eigenvalue weighted by Gasteiger charge is -2.43. The largest absolute Gasteiger partial charge is 0.461 e. The number of aliphatic hydroxyl groups is 1. The Morgan fingerprint density at radius 2 is 1.97 bits per heavy atom. The predicted molar refractivity (Wildman–Crippen MR) is 123 cm³/mol. The summed E-state index contributed by atoms with van der Waals surface area (Å²) >= 11 is 1.53. The number of hydrogen-bond donors (Lipinski definition) is 1. The van der Waals surface area contributed by atoms with E-state index in [1.807, 2.05) is 58.9 Å². The van der Waals surface area contributed by atoms with Crippen LogP contribution in [-0.2, 0) is 19.1 Å². The van der Waals surface area contributed by atoms with Crippen molar-refractivity contribution in [3.8, 4) is 0 Å². The lowest BCUT2D eigenvalue weighted by atomic mass is 9.78. The molecular formula is C24H34N2O5S. The van der Waals surface area contributed by atoms with E-state index in [1.165, 1.54) is 11.8 Å². The first kappa shape index (κ1) is 23.4. The van der Waals surface area contributed by atoms with Gasteiger partial charge in [0.15, 0.2) is 0 Å². The molecular weight excluding hydrogens is 428 g/mol. The molecule has 0 aliphatic carbocycles. The molecule has 4 heterocycles. The van der Waals surface area contributed by atoms with Crippen LogP contribution in [0.2, 0.25) is 0 Å². The molecule has 4 rings (SSSR count). The van der Waals surface area contributed by atoms with Gasteiger partial charge in [-0.05, 0) is 26.7 Å². The molecule has 7 atom stereocenters. The zero-order chi connectivity index (χ0) is 23.4. The third-order valence-corrected chi connectivity index (χ3v) is 9.25. The molecule has 32 heavy (non-hydrogen) atoms. The minimum Gasteiger partial charge on any atom is -0.461 e. The fourth-order valence-corrected chi connectivity index (χ4v) is 7.67. The van der Waals surface area contributed by atoms with Gasteiger partial charge in [-0.15, -0.1) is 11.8 Å². The number of rotatable bonds is 4. The minimum absolute atomic E-state index is 0.00437. The number of hydrogen-bond acceptors (Lipinski definition) is 6. The topological polar surface area (TPSA) is 87.2 Å². The molecule has 8 heteroatoms. The van der Waals surface area contributed by atoms with Gasteiger partial charge >= 0.3 is 5.97 Å². The highest BCUT2D eigenvalue weighted by atomic mass is 32.2. The molecule has 0 radical (unpaired) electrons. The molecule has 0 saturated carbocycles. The Hall–Kier alpha value is -1.80. The first-order chi connectivity index (χ1) is 15.1. The van der Waals surface area contributed by atoms with E-state index in [1.54, 1.807) is 9.80 Å². The van der Waals surface area contributed by atoms with Crippen molar-refractivity contribution in [1.82, 2.24) is 9.80 Å². The lowest BCUT2D eigenvalue weighted by Crippen LogP contribution is -2.60. The molecule has 2 amide bonds. The molecule has 2 fully saturated rings. The number of amides is 2. The maximum atomic E-state index is 14.1. The van der Waals surface area contributed by atoms with Crippen LogP contribution in [0.3, 0.4) is 0 Å². The summed E-state index contributed by atoms with van der Waals surface area (Å²) in [5.74, 6) is -2.07. The van der Waals surface area contributed by atoms with E-state index in [9.17, 15) is 19.5 Å². The average Bonchev–Trinajstić information content (AvgIpc) is 3.02. The predicted octanol–water partition coefficient (Wildman–Crippen LogP) is 2.00. The van der Waals surface area contributed by atoms with E-state index in [4.69, 9.17) is 4.74 Å². The number of carbonyl (C=O) groups excluding carboxylic acids is 3. The number of ether oxygens (including phenoxy) is 1. The molecule has 4 aliphatic heterocycles. The molecule has 4 aliphatic rings. The highest BCUT2D eigenvalue weighted by molar-refractivity contribution is 8.02. The van der Waals surface area contributed by atoms with Gasteiger partial charge in [-0.1, -0.05) is 44.6 Å². The number of fused-ring (bicyclic) bond motifs is 2. The van der Waals surface area contributed by atoms with Gasteiger partial charge in [-0.25, -0.2) is 0 Å². The van der Waals surface area contributed by atoms with Crippen LogP contribution in [0, 0.1) is 17.8 Å². The van der Waals surface area contributed by atoms with E-state index in [2.05, 4.69) is 0 Å². The van der Waals surface area contributed by atoms with Crippen molar-refractivity contribution in [2.24, 2.45) is 17.8 Å². The fraction of sp³-hybridized carbons (Fsp3) is 0.708. The molecule has 1 unspecified atom stereocenters. The number of carbonyl (C=O) groups is 3. The van der Waals surface area contributed by atoms with Gasteiger partial charge < -0.3 is 19.6 Å². The summed E-state index contributed by atoms with van der Waals surface area (Å²) in [5.41, 5.74) is -0.433. The molecule has 0 aromatic carbocycles. The zero-order valence-electron chi connectivity index (χ0n) is 19.5. The van der Waals surface area contributed by atoms with Crippen LogP contribution < -0.4 is 0 Å². The number of cyclic esters (lactones) is 1. The van der Waals surface area contributed by atoms with E-state index in [0.717, 1.165) is 6.42 Å². The van der Waals surface area contributed by atoms with Crippen LogP contribution in [-0.4, -0.2) is 80.1 Å². The Morgan fingerprint density at radius 3 is 2.59 bits per heavy atom. The van der Waals surface area contributed by atoms with E-state index in [0.29, 0.717) is 6.54 Å². The third-order valence-electron chi connectivity index (χ3n) is 7.51. The number of aliphatic hydroxyl groups excluding tert-OH is 1. The fourth-order valence-electron chi connectivity index (χ4n) is 5.68. The smallest absolute Gasteiger partial charge is 0.311 e. The second-order valence-electron chi connectivity index (χ2n) is 10.3. The quantitative estimate of drug-likeness (QED) is 0.508. The van der Waals surface area contributed by atoms with Crippen molar-refractivity contribution in [2.75, 3.05) is 19.8 Å². The van der Waals surface area contributed by atoms with Gasteiger partial charge in [-0.3, -0.25) is 14.4 Å². The summed E-state index contributed by atoms with van der Waals surface area (Å²) in [7, 11) is 0. The first-order valence-electron chi connectivity index (χ1n) is 11.5. The molecule has 7 nitrogen and oxygen atoms in total. The standard InChI is InChI=1S/C24H34N2O5S/c1-6-14(2)15(13-27)26-19-21(29)25(23(3,4)5)11-8-10-24(19)18(20(26)28)17-16(32-24)9-7-12-31-22(17)30/h7-10,14-19,27H,6,11-13H2,1-5H3/t14-,15-,16+,17-,18-,19?,24-/m0/s1. The van der Waals surface area contributed by atoms with E-state index >= 15 is 0 Å². The van der Waals surface area contributed by atoms with Gasteiger partial charge in [0.25, 0.3) is 0 Å². The Bertz CT molecular complexity index is 865. The van der Waals surface area contributed by atoms with Crippen molar-refractivity contribution in [1.29, 1.82) is 0 Å². The lowest BCUT2D eigenvalue weighted by molar-refractivity contribution is -0.153. The summed E-state index contributed by atoms with van der Waals surface area (Å²) in [6.07, 6.45) is 8.50. The second kappa shape index (κ2) is 8.20. The summed E-state index contributed by atoms with van der Waals surface area (Å²) in [5, 5.41) is 10.1. The van der Waals surface area contributed by atoms with Crippen molar-refractivity contribution >= 4 is 29.5 Å². The van der Waals surface area contributed by atoms with Crippen LogP contribution in [0.4, 0.5) is 0 Å². The molecule has 0 aromatic heterocycles. The third kappa shape index (κ3) is 3.33. The number of esters is 1. The Morgan fingerprint density at radius 1 is 1.25 bits per heavy atom. The van der Waals surface area contributed by atoms with Gasteiger partial charge in [0.1, 0.15) is 12.6 Å². The Kier molecular flexibility index (Phi) is 5.99. The summed E-state index contributed by atoms with van der Waals surface area (Å²) < 4.78 is 4.53. The first-order valence-corrected chi connectivity index (χ1v) is 12.4. The molecule has 176 valence electrons. The maximum absolute atomic E-state index is 14.1. The summed E-state index contributed by atoms with van der Waals surface area (Å²) in [6, 6.07) is -1.27. The second-order valence-corrected chi connectivity index (χ2v) is 11.8. The minimum atomic E-state index is -0.870. The van der Waals surface area contributed by atoms with Crippen molar-refractivity contribution < 1.29 is 24.2 Å². The Labute approximate surface area is 194 Å². The zero-order valence-corrected chi connectivity index (χ0v) is 20.3. The highest BCUT2D eigenvalue weighted by Crippen LogP contribution is 2.61. The van der Waals surface area contributed by atoms with E-state index < -0.39 is 34.2 Å². The maximum Gasteiger partial charge on any atom is 0.311 e. The van der Waals surface area contributed by atoms with Gasteiger partial charge in [0, 0.05) is 17.3 Å². The number of thioether (sulfide) groups is 1.